The van der Waals surface area contributed by atoms with Crippen LogP contribution in [0, 0.1) is 0 Å². The Labute approximate surface area is 148 Å². The van der Waals surface area contributed by atoms with Crippen molar-refractivity contribution in [2.75, 3.05) is 6.54 Å². The highest BCUT2D eigenvalue weighted by Crippen LogP contribution is 2.14. The van der Waals surface area contributed by atoms with Crippen molar-refractivity contribution in [3.05, 3.63) is 80.4 Å². The zero-order chi connectivity index (χ0) is 17.5. The molecule has 1 heterocycles. The Morgan fingerprint density at radius 1 is 1.12 bits per heavy atom. The standard InChI is InChI=1S/C18H17N3O3S/c22-17(19-11-10-16-20-21-18(23)25-16)14-6-8-15(9-7-14)24-12-13-4-2-1-3-5-13/h1-9H,10-12H2,(H,19,22)(H,21,23). The molecular weight excluding hydrogens is 338 g/mol. The van der Waals surface area contributed by atoms with E-state index in [9.17, 15) is 9.59 Å². The number of nitrogens with one attached hydrogen (secondary N) is 2. The maximum Gasteiger partial charge on any atom is 0.322 e. The van der Waals surface area contributed by atoms with Crippen LogP contribution in [0.2, 0.25) is 0 Å². The molecule has 0 saturated heterocycles. The number of hydrogen-bond donors (Lipinski definition) is 2. The number of aromatic nitrogens is 2. The minimum atomic E-state index is -0.188. The fourth-order valence-electron chi connectivity index (χ4n) is 2.20. The number of aromatic amines is 1. The van der Waals surface area contributed by atoms with Crippen molar-refractivity contribution in [1.29, 1.82) is 0 Å². The molecule has 6 nitrogen and oxygen atoms in total. The number of carbonyl (C=O) groups excluding carboxylic acids is 1. The van der Waals surface area contributed by atoms with Crippen LogP contribution in [-0.2, 0) is 13.0 Å². The Kier molecular flexibility index (Phi) is 5.58. The van der Waals surface area contributed by atoms with Crippen molar-refractivity contribution in [2.45, 2.75) is 13.0 Å². The van der Waals surface area contributed by atoms with Crippen molar-refractivity contribution in [3.63, 3.8) is 0 Å². The molecule has 1 amide bonds. The Morgan fingerprint density at radius 2 is 1.88 bits per heavy atom. The van der Waals surface area contributed by atoms with Gasteiger partial charge in [0.15, 0.2) is 0 Å². The van der Waals surface area contributed by atoms with E-state index in [1.165, 1.54) is 0 Å². The second-order valence-corrected chi connectivity index (χ2v) is 6.36. The highest BCUT2D eigenvalue weighted by atomic mass is 32.1. The zero-order valence-electron chi connectivity index (χ0n) is 13.4. The van der Waals surface area contributed by atoms with E-state index in [-0.39, 0.29) is 10.8 Å². The van der Waals surface area contributed by atoms with Gasteiger partial charge in [0.25, 0.3) is 5.91 Å². The maximum atomic E-state index is 12.1. The van der Waals surface area contributed by atoms with Crippen LogP contribution in [0.15, 0.2) is 59.4 Å². The molecule has 2 N–H and O–H groups in total. The van der Waals surface area contributed by atoms with Crippen LogP contribution < -0.4 is 14.9 Å². The maximum absolute atomic E-state index is 12.1. The van der Waals surface area contributed by atoms with Gasteiger partial charge in [0.1, 0.15) is 17.4 Å². The van der Waals surface area contributed by atoms with E-state index in [1.54, 1.807) is 24.3 Å². The molecule has 0 bridgehead atoms. The van der Waals surface area contributed by atoms with Gasteiger partial charge in [-0.2, -0.15) is 5.10 Å². The van der Waals surface area contributed by atoms with Crippen molar-refractivity contribution in [1.82, 2.24) is 15.5 Å². The minimum Gasteiger partial charge on any atom is -0.489 e. The summed E-state index contributed by atoms with van der Waals surface area (Å²) in [4.78, 5) is 22.9. The quantitative estimate of drug-likeness (QED) is 0.681. The van der Waals surface area contributed by atoms with Crippen LogP contribution >= 0.6 is 11.3 Å². The van der Waals surface area contributed by atoms with Crippen LogP contribution in [0.25, 0.3) is 0 Å². The van der Waals surface area contributed by atoms with Gasteiger partial charge in [0.05, 0.1) is 0 Å². The molecular formula is C18H17N3O3S. The second-order valence-electron chi connectivity index (χ2n) is 5.31. The number of rotatable bonds is 7. The molecule has 0 aliphatic rings. The first kappa shape index (κ1) is 16.9. The molecule has 0 atom stereocenters. The molecule has 128 valence electrons. The molecule has 2 aromatic carbocycles. The number of nitrogens with zero attached hydrogens (tertiary/aromatic N) is 1. The summed E-state index contributed by atoms with van der Waals surface area (Å²) in [5, 5.41) is 9.69. The highest BCUT2D eigenvalue weighted by Gasteiger charge is 2.06. The number of amides is 1. The number of carbonyl (C=O) groups is 1. The van der Waals surface area contributed by atoms with Gasteiger partial charge in [0.2, 0.25) is 0 Å². The van der Waals surface area contributed by atoms with Crippen LogP contribution in [0.3, 0.4) is 0 Å². The monoisotopic (exact) mass is 355 g/mol. The zero-order valence-corrected chi connectivity index (χ0v) is 14.2. The highest BCUT2D eigenvalue weighted by molar-refractivity contribution is 7.08. The van der Waals surface area contributed by atoms with Crippen LogP contribution in [0.1, 0.15) is 20.9 Å². The van der Waals surface area contributed by atoms with Crippen LogP contribution in [-0.4, -0.2) is 22.6 Å². The van der Waals surface area contributed by atoms with Gasteiger partial charge in [-0.05, 0) is 29.8 Å². The van der Waals surface area contributed by atoms with E-state index >= 15 is 0 Å². The lowest BCUT2D eigenvalue weighted by Crippen LogP contribution is -2.25. The number of benzene rings is 2. The molecule has 0 aliphatic carbocycles. The first-order valence-electron chi connectivity index (χ1n) is 7.80. The fourth-order valence-corrected chi connectivity index (χ4v) is 2.80. The van der Waals surface area contributed by atoms with Gasteiger partial charge >= 0.3 is 4.87 Å². The van der Waals surface area contributed by atoms with E-state index < -0.39 is 0 Å². The number of H-pyrrole nitrogens is 1. The van der Waals surface area contributed by atoms with E-state index in [4.69, 9.17) is 4.74 Å². The molecule has 3 rings (SSSR count). The molecule has 0 saturated carbocycles. The Morgan fingerprint density at radius 3 is 2.56 bits per heavy atom. The van der Waals surface area contributed by atoms with Crippen molar-refractivity contribution < 1.29 is 9.53 Å². The number of hydrogen-bond acceptors (Lipinski definition) is 5. The van der Waals surface area contributed by atoms with E-state index in [0.29, 0.717) is 35.9 Å². The van der Waals surface area contributed by atoms with Gasteiger partial charge in [-0.1, -0.05) is 41.7 Å². The summed E-state index contributed by atoms with van der Waals surface area (Å²) >= 11 is 1.05. The summed E-state index contributed by atoms with van der Waals surface area (Å²) < 4.78 is 5.70. The summed E-state index contributed by atoms with van der Waals surface area (Å²) in [6, 6.07) is 16.9. The van der Waals surface area contributed by atoms with Crippen molar-refractivity contribution in [2.24, 2.45) is 0 Å². The molecule has 25 heavy (non-hydrogen) atoms. The molecule has 0 aliphatic heterocycles. The molecule has 0 spiro atoms. The Hall–Kier alpha value is -2.93. The summed E-state index contributed by atoms with van der Waals surface area (Å²) in [6.07, 6.45) is 0.521. The summed E-state index contributed by atoms with van der Waals surface area (Å²) in [5.41, 5.74) is 1.65. The van der Waals surface area contributed by atoms with E-state index in [0.717, 1.165) is 16.9 Å². The molecule has 0 radical (unpaired) electrons. The first-order valence-corrected chi connectivity index (χ1v) is 8.62. The van der Waals surface area contributed by atoms with Gasteiger partial charge < -0.3 is 10.1 Å². The average Bonchev–Trinajstić information content (AvgIpc) is 3.06. The fraction of sp³-hybridized carbons (Fsp3) is 0.167. The summed E-state index contributed by atoms with van der Waals surface area (Å²) in [6.45, 7) is 0.908. The second kappa shape index (κ2) is 8.25. The molecule has 0 unspecified atom stereocenters. The van der Waals surface area contributed by atoms with Crippen molar-refractivity contribution in [3.8, 4) is 5.75 Å². The molecule has 3 aromatic rings. The van der Waals surface area contributed by atoms with Gasteiger partial charge in [-0.15, -0.1) is 0 Å². The van der Waals surface area contributed by atoms with E-state index in [1.807, 2.05) is 30.3 Å². The molecule has 7 heteroatoms. The number of ether oxygens (including phenoxy) is 1. The van der Waals surface area contributed by atoms with Crippen LogP contribution in [0.5, 0.6) is 5.75 Å². The summed E-state index contributed by atoms with van der Waals surface area (Å²) in [5.74, 6) is 0.541. The van der Waals surface area contributed by atoms with Gasteiger partial charge in [0, 0.05) is 18.5 Å². The first-order chi connectivity index (χ1) is 12.2. The third kappa shape index (κ3) is 5.02. The lowest BCUT2D eigenvalue weighted by molar-refractivity contribution is 0.0954. The Bertz CT molecular complexity index is 872. The average molecular weight is 355 g/mol. The smallest absolute Gasteiger partial charge is 0.322 e. The predicted molar refractivity (Wildman–Crippen MR) is 96.0 cm³/mol. The largest absolute Gasteiger partial charge is 0.489 e. The van der Waals surface area contributed by atoms with Gasteiger partial charge in [-0.3, -0.25) is 9.59 Å². The lowest BCUT2D eigenvalue weighted by Gasteiger charge is -2.08. The normalized spacial score (nSPS) is 10.4. The minimum absolute atomic E-state index is 0.169. The van der Waals surface area contributed by atoms with Crippen LogP contribution in [0.4, 0.5) is 0 Å². The Balaban J connectivity index is 1.47. The van der Waals surface area contributed by atoms with Gasteiger partial charge in [-0.25, -0.2) is 5.10 Å². The van der Waals surface area contributed by atoms with Crippen molar-refractivity contribution >= 4 is 17.2 Å². The third-order valence-corrected chi connectivity index (χ3v) is 4.28. The third-order valence-electron chi connectivity index (χ3n) is 3.47. The predicted octanol–water partition coefficient (Wildman–Crippen LogP) is 2.38. The SMILES string of the molecule is O=C(NCCc1n[nH]c(=O)s1)c1ccc(OCc2ccccc2)cc1. The van der Waals surface area contributed by atoms with E-state index in [2.05, 4.69) is 15.5 Å². The molecule has 1 aromatic heterocycles. The lowest BCUT2D eigenvalue weighted by atomic mass is 10.2. The molecule has 0 fully saturated rings. The summed E-state index contributed by atoms with van der Waals surface area (Å²) in [7, 11) is 0. The topological polar surface area (TPSA) is 84.1 Å².